The van der Waals surface area contributed by atoms with Crippen LogP contribution in [-0.4, -0.2) is 12.0 Å². The van der Waals surface area contributed by atoms with E-state index >= 15 is 0 Å². The van der Waals surface area contributed by atoms with E-state index in [1.807, 2.05) is 31.3 Å². The third-order valence-electron chi connectivity index (χ3n) is 2.73. The molecule has 0 heterocycles. The third kappa shape index (κ3) is 3.22. The van der Waals surface area contributed by atoms with E-state index in [-0.39, 0.29) is 12.3 Å². The number of nitro groups is 1. The van der Waals surface area contributed by atoms with Gasteiger partial charge in [0.2, 0.25) is 0 Å². The van der Waals surface area contributed by atoms with E-state index in [2.05, 4.69) is 5.32 Å². The van der Waals surface area contributed by atoms with Crippen molar-refractivity contribution in [2.24, 2.45) is 0 Å². The molecule has 2 aromatic rings. The molecule has 0 saturated heterocycles. The first-order valence-electron chi connectivity index (χ1n) is 5.83. The van der Waals surface area contributed by atoms with Crippen molar-refractivity contribution in [3.05, 3.63) is 64.2 Å². The molecule has 1 N–H and O–H groups in total. The van der Waals surface area contributed by atoms with Gasteiger partial charge in [-0.15, -0.1) is 0 Å². The number of hydrogen-bond acceptors (Lipinski definition) is 4. The topological polar surface area (TPSA) is 64.4 Å². The van der Waals surface area contributed by atoms with Gasteiger partial charge in [0, 0.05) is 18.8 Å². The van der Waals surface area contributed by atoms with Gasteiger partial charge in [-0.2, -0.15) is 0 Å². The zero-order chi connectivity index (χ0) is 13.7. The zero-order valence-corrected chi connectivity index (χ0v) is 10.5. The molecule has 0 bridgehead atoms. The van der Waals surface area contributed by atoms with Gasteiger partial charge >= 0.3 is 0 Å². The Balaban J connectivity index is 2.07. The number of rotatable bonds is 5. The average molecular weight is 258 g/mol. The second-order valence-corrected chi connectivity index (χ2v) is 3.95. The van der Waals surface area contributed by atoms with Crippen LogP contribution in [0.1, 0.15) is 5.56 Å². The van der Waals surface area contributed by atoms with Crippen molar-refractivity contribution in [2.45, 2.75) is 6.61 Å². The predicted octanol–water partition coefficient (Wildman–Crippen LogP) is 3.22. The van der Waals surface area contributed by atoms with E-state index in [9.17, 15) is 10.1 Å². The first kappa shape index (κ1) is 12.9. The molecule has 0 amide bonds. The second kappa shape index (κ2) is 5.86. The molecule has 0 saturated carbocycles. The highest BCUT2D eigenvalue weighted by Gasteiger charge is 2.12. The molecule has 0 spiro atoms. The summed E-state index contributed by atoms with van der Waals surface area (Å²) in [4.78, 5) is 10.5. The summed E-state index contributed by atoms with van der Waals surface area (Å²) in [5, 5.41) is 13.9. The van der Waals surface area contributed by atoms with Gasteiger partial charge in [0.05, 0.1) is 10.5 Å². The van der Waals surface area contributed by atoms with Gasteiger partial charge in [-0.05, 0) is 30.3 Å². The summed E-state index contributed by atoms with van der Waals surface area (Å²) in [5.41, 5.74) is 1.62. The third-order valence-corrected chi connectivity index (χ3v) is 2.73. The Hall–Kier alpha value is -2.56. The van der Waals surface area contributed by atoms with Crippen molar-refractivity contribution < 1.29 is 9.66 Å². The fourth-order valence-electron chi connectivity index (χ4n) is 1.69. The van der Waals surface area contributed by atoms with Gasteiger partial charge in [-0.3, -0.25) is 10.1 Å². The van der Waals surface area contributed by atoms with E-state index in [0.717, 1.165) is 5.69 Å². The van der Waals surface area contributed by atoms with Crippen LogP contribution in [-0.2, 0) is 6.61 Å². The lowest BCUT2D eigenvalue weighted by atomic mass is 10.2. The number of benzene rings is 2. The lowest BCUT2D eigenvalue weighted by Gasteiger charge is -2.07. The van der Waals surface area contributed by atoms with Crippen LogP contribution in [0.5, 0.6) is 5.75 Å². The SMILES string of the molecule is CNc1ccc(OCc2ccccc2[N+](=O)[O-])cc1. The Morgan fingerprint density at radius 1 is 1.16 bits per heavy atom. The van der Waals surface area contributed by atoms with Crippen LogP contribution in [0, 0.1) is 10.1 Å². The Morgan fingerprint density at radius 2 is 1.84 bits per heavy atom. The largest absolute Gasteiger partial charge is 0.489 e. The molecule has 0 aliphatic rings. The van der Waals surface area contributed by atoms with E-state index in [1.165, 1.54) is 6.07 Å². The number of para-hydroxylation sites is 1. The fourth-order valence-corrected chi connectivity index (χ4v) is 1.69. The van der Waals surface area contributed by atoms with Crippen LogP contribution in [0.2, 0.25) is 0 Å². The molecule has 0 atom stereocenters. The van der Waals surface area contributed by atoms with Gasteiger partial charge in [-0.1, -0.05) is 12.1 Å². The monoisotopic (exact) mass is 258 g/mol. The first-order chi connectivity index (χ1) is 9.20. The standard InChI is InChI=1S/C14H14N2O3/c1-15-12-6-8-13(9-7-12)19-10-11-4-2-3-5-14(11)16(17)18/h2-9,15H,10H2,1H3. The van der Waals surface area contributed by atoms with Crippen molar-refractivity contribution in [1.82, 2.24) is 0 Å². The maximum Gasteiger partial charge on any atom is 0.276 e. The summed E-state index contributed by atoms with van der Waals surface area (Å²) < 4.78 is 5.55. The zero-order valence-electron chi connectivity index (χ0n) is 10.5. The Bertz CT molecular complexity index is 567. The molecule has 0 radical (unpaired) electrons. The molecule has 19 heavy (non-hydrogen) atoms. The Kier molecular flexibility index (Phi) is 3.97. The normalized spacial score (nSPS) is 9.95. The molecule has 0 aliphatic carbocycles. The molecular weight excluding hydrogens is 244 g/mol. The summed E-state index contributed by atoms with van der Waals surface area (Å²) in [6.07, 6.45) is 0. The minimum atomic E-state index is -0.400. The summed E-state index contributed by atoms with van der Waals surface area (Å²) >= 11 is 0. The molecule has 98 valence electrons. The van der Waals surface area contributed by atoms with Crippen molar-refractivity contribution >= 4 is 11.4 Å². The molecule has 5 heteroatoms. The molecular formula is C14H14N2O3. The Morgan fingerprint density at radius 3 is 2.47 bits per heavy atom. The minimum absolute atomic E-state index is 0.0781. The van der Waals surface area contributed by atoms with Crippen molar-refractivity contribution in [3.8, 4) is 5.75 Å². The first-order valence-corrected chi connectivity index (χ1v) is 5.83. The molecule has 5 nitrogen and oxygen atoms in total. The van der Waals surface area contributed by atoms with Crippen molar-refractivity contribution in [1.29, 1.82) is 0 Å². The molecule has 2 rings (SSSR count). The van der Waals surface area contributed by atoms with Gasteiger partial charge in [0.15, 0.2) is 0 Å². The highest BCUT2D eigenvalue weighted by Crippen LogP contribution is 2.21. The number of nitrogens with one attached hydrogen (secondary N) is 1. The van der Waals surface area contributed by atoms with Crippen LogP contribution in [0.4, 0.5) is 11.4 Å². The summed E-state index contributed by atoms with van der Waals surface area (Å²) in [6, 6.07) is 14.0. The summed E-state index contributed by atoms with van der Waals surface area (Å²) in [7, 11) is 1.84. The maximum absolute atomic E-state index is 10.9. The van der Waals surface area contributed by atoms with Crippen molar-refractivity contribution in [3.63, 3.8) is 0 Å². The molecule has 2 aromatic carbocycles. The van der Waals surface area contributed by atoms with Gasteiger partial charge in [-0.25, -0.2) is 0 Å². The van der Waals surface area contributed by atoms with Crippen LogP contribution in [0.25, 0.3) is 0 Å². The van der Waals surface area contributed by atoms with Gasteiger partial charge < -0.3 is 10.1 Å². The lowest BCUT2D eigenvalue weighted by molar-refractivity contribution is -0.385. The number of nitrogens with zero attached hydrogens (tertiary/aromatic N) is 1. The second-order valence-electron chi connectivity index (χ2n) is 3.95. The minimum Gasteiger partial charge on any atom is -0.489 e. The maximum atomic E-state index is 10.9. The van der Waals surface area contributed by atoms with E-state index < -0.39 is 4.92 Å². The number of nitro benzene ring substituents is 1. The fraction of sp³-hybridized carbons (Fsp3) is 0.143. The van der Waals surface area contributed by atoms with Gasteiger partial charge in [0.1, 0.15) is 12.4 Å². The number of hydrogen-bond donors (Lipinski definition) is 1. The van der Waals surface area contributed by atoms with Crippen LogP contribution < -0.4 is 10.1 Å². The van der Waals surface area contributed by atoms with E-state index in [4.69, 9.17) is 4.74 Å². The van der Waals surface area contributed by atoms with E-state index in [0.29, 0.717) is 11.3 Å². The number of anilines is 1. The molecule has 0 unspecified atom stereocenters. The Labute approximate surface area is 111 Å². The van der Waals surface area contributed by atoms with E-state index in [1.54, 1.807) is 18.2 Å². The van der Waals surface area contributed by atoms with Crippen molar-refractivity contribution in [2.75, 3.05) is 12.4 Å². The summed E-state index contributed by atoms with van der Waals surface area (Å²) in [5.74, 6) is 0.678. The molecule has 0 aliphatic heterocycles. The van der Waals surface area contributed by atoms with Crippen LogP contribution in [0.3, 0.4) is 0 Å². The van der Waals surface area contributed by atoms with Crippen LogP contribution in [0.15, 0.2) is 48.5 Å². The lowest BCUT2D eigenvalue weighted by Crippen LogP contribution is -2.00. The smallest absolute Gasteiger partial charge is 0.276 e. The quantitative estimate of drug-likeness (QED) is 0.660. The predicted molar refractivity (Wildman–Crippen MR) is 73.4 cm³/mol. The highest BCUT2D eigenvalue weighted by atomic mass is 16.6. The van der Waals surface area contributed by atoms with Crippen LogP contribution >= 0.6 is 0 Å². The molecule has 0 aromatic heterocycles. The van der Waals surface area contributed by atoms with Gasteiger partial charge in [0.25, 0.3) is 5.69 Å². The summed E-state index contributed by atoms with van der Waals surface area (Å²) in [6.45, 7) is 0.177. The number of ether oxygens (including phenoxy) is 1. The molecule has 0 fully saturated rings. The average Bonchev–Trinajstić information content (AvgIpc) is 2.46. The highest BCUT2D eigenvalue weighted by molar-refractivity contribution is 5.46.